The second kappa shape index (κ2) is 8.34. The van der Waals surface area contributed by atoms with Crippen LogP contribution in [0.15, 0.2) is 24.3 Å². The van der Waals surface area contributed by atoms with Crippen molar-refractivity contribution >= 4 is 17.3 Å². The highest BCUT2D eigenvalue weighted by molar-refractivity contribution is 6.33. The summed E-state index contributed by atoms with van der Waals surface area (Å²) in [6.07, 6.45) is 0.128. The predicted molar refractivity (Wildman–Crippen MR) is 71.8 cm³/mol. The first-order chi connectivity index (χ1) is 8.24. The van der Waals surface area contributed by atoms with Gasteiger partial charge in [-0.05, 0) is 26.0 Å². The minimum Gasteiger partial charge on any atom is -0.382 e. The number of anilines is 1. The molecule has 0 saturated carbocycles. The molecule has 0 aliphatic rings. The Balaban J connectivity index is 2.14. The number of benzene rings is 1. The Labute approximate surface area is 108 Å². The smallest absolute Gasteiger partial charge is 0.0781 e. The maximum absolute atomic E-state index is 6.01. The van der Waals surface area contributed by atoms with E-state index in [0.29, 0.717) is 13.2 Å². The maximum atomic E-state index is 6.01. The van der Waals surface area contributed by atoms with E-state index in [1.54, 1.807) is 0 Å². The van der Waals surface area contributed by atoms with Gasteiger partial charge in [-0.2, -0.15) is 0 Å². The van der Waals surface area contributed by atoms with E-state index in [0.717, 1.165) is 23.9 Å². The van der Waals surface area contributed by atoms with E-state index < -0.39 is 0 Å². The van der Waals surface area contributed by atoms with Crippen molar-refractivity contribution in [3.63, 3.8) is 0 Å². The summed E-state index contributed by atoms with van der Waals surface area (Å²) in [4.78, 5) is 0. The summed E-state index contributed by atoms with van der Waals surface area (Å²) >= 11 is 6.01. The van der Waals surface area contributed by atoms with E-state index in [-0.39, 0.29) is 6.10 Å². The Kier molecular flexibility index (Phi) is 7.01. The van der Waals surface area contributed by atoms with E-state index in [4.69, 9.17) is 21.1 Å². The molecular formula is C13H20ClNO2. The molecule has 0 amide bonds. The van der Waals surface area contributed by atoms with Gasteiger partial charge in [0.2, 0.25) is 0 Å². The Bertz CT molecular complexity index is 320. The van der Waals surface area contributed by atoms with Crippen LogP contribution in [0.3, 0.4) is 0 Å². The minimum absolute atomic E-state index is 0.128. The van der Waals surface area contributed by atoms with Crippen molar-refractivity contribution in [3.05, 3.63) is 29.3 Å². The average molecular weight is 258 g/mol. The van der Waals surface area contributed by atoms with Gasteiger partial charge in [-0.1, -0.05) is 23.7 Å². The average Bonchev–Trinajstić information content (AvgIpc) is 2.34. The van der Waals surface area contributed by atoms with Gasteiger partial charge in [0.25, 0.3) is 0 Å². The second-order valence-corrected chi connectivity index (χ2v) is 4.15. The van der Waals surface area contributed by atoms with Gasteiger partial charge in [0.15, 0.2) is 0 Å². The third kappa shape index (κ3) is 5.91. The molecule has 3 nitrogen and oxygen atoms in total. The van der Waals surface area contributed by atoms with Crippen LogP contribution in [0, 0.1) is 0 Å². The molecule has 0 aliphatic carbocycles. The summed E-state index contributed by atoms with van der Waals surface area (Å²) in [5, 5.41) is 3.96. The van der Waals surface area contributed by atoms with E-state index in [9.17, 15) is 0 Å². The zero-order valence-corrected chi connectivity index (χ0v) is 11.2. The molecule has 0 saturated heterocycles. The normalized spacial score (nSPS) is 12.4. The Hall–Kier alpha value is -0.770. The molecule has 1 atom stereocenters. The molecule has 4 heteroatoms. The van der Waals surface area contributed by atoms with Crippen LogP contribution < -0.4 is 5.32 Å². The van der Waals surface area contributed by atoms with Crippen molar-refractivity contribution in [2.24, 2.45) is 0 Å². The Morgan fingerprint density at radius 2 is 2.12 bits per heavy atom. The van der Waals surface area contributed by atoms with Gasteiger partial charge >= 0.3 is 0 Å². The highest BCUT2D eigenvalue weighted by atomic mass is 35.5. The van der Waals surface area contributed by atoms with Gasteiger partial charge < -0.3 is 14.8 Å². The summed E-state index contributed by atoms with van der Waals surface area (Å²) in [5.41, 5.74) is 0.940. The Morgan fingerprint density at radius 3 is 2.82 bits per heavy atom. The lowest BCUT2D eigenvalue weighted by atomic mass is 10.3. The molecule has 0 spiro atoms. The lowest BCUT2D eigenvalue weighted by molar-refractivity contribution is 0.000871. The van der Waals surface area contributed by atoms with Crippen LogP contribution in [0.2, 0.25) is 5.02 Å². The van der Waals surface area contributed by atoms with Crippen LogP contribution in [0.25, 0.3) is 0 Å². The Morgan fingerprint density at radius 1 is 1.35 bits per heavy atom. The first kappa shape index (κ1) is 14.3. The van der Waals surface area contributed by atoms with Crippen LogP contribution in [-0.2, 0) is 9.47 Å². The predicted octanol–water partition coefficient (Wildman–Crippen LogP) is 3.19. The zero-order valence-electron chi connectivity index (χ0n) is 10.4. The standard InChI is InChI=1S/C13H20ClNO2/c1-3-16-10-11(2)17-9-8-15-13-7-5-4-6-12(13)14/h4-7,11,15H,3,8-10H2,1-2H3. The molecule has 0 aromatic heterocycles. The number of hydrogen-bond donors (Lipinski definition) is 1. The molecular weight excluding hydrogens is 238 g/mol. The van der Waals surface area contributed by atoms with Crippen molar-refractivity contribution in [3.8, 4) is 0 Å². The molecule has 0 radical (unpaired) electrons. The van der Waals surface area contributed by atoms with Crippen LogP contribution in [0.4, 0.5) is 5.69 Å². The van der Waals surface area contributed by atoms with Gasteiger partial charge in [0.1, 0.15) is 0 Å². The van der Waals surface area contributed by atoms with Crippen molar-refractivity contribution in [1.29, 1.82) is 0 Å². The fourth-order valence-electron chi connectivity index (χ4n) is 1.38. The summed E-state index contributed by atoms with van der Waals surface area (Å²) in [6.45, 7) is 6.73. The molecule has 1 aromatic rings. The molecule has 1 N–H and O–H groups in total. The largest absolute Gasteiger partial charge is 0.382 e. The van der Waals surface area contributed by atoms with Gasteiger partial charge in [0, 0.05) is 13.2 Å². The second-order valence-electron chi connectivity index (χ2n) is 3.75. The van der Waals surface area contributed by atoms with Crippen molar-refractivity contribution in [2.75, 3.05) is 31.7 Å². The topological polar surface area (TPSA) is 30.5 Å². The van der Waals surface area contributed by atoms with Crippen molar-refractivity contribution in [1.82, 2.24) is 0 Å². The van der Waals surface area contributed by atoms with Gasteiger partial charge in [-0.15, -0.1) is 0 Å². The maximum Gasteiger partial charge on any atom is 0.0781 e. The molecule has 17 heavy (non-hydrogen) atoms. The molecule has 0 fully saturated rings. The zero-order chi connectivity index (χ0) is 12.5. The molecule has 0 heterocycles. The molecule has 96 valence electrons. The fraction of sp³-hybridized carbons (Fsp3) is 0.538. The molecule has 1 rings (SSSR count). The monoisotopic (exact) mass is 257 g/mol. The fourth-order valence-corrected chi connectivity index (χ4v) is 1.58. The lowest BCUT2D eigenvalue weighted by Crippen LogP contribution is -2.20. The first-order valence-electron chi connectivity index (χ1n) is 5.91. The van der Waals surface area contributed by atoms with Gasteiger partial charge in [0.05, 0.1) is 30.0 Å². The number of hydrogen-bond acceptors (Lipinski definition) is 3. The third-order valence-electron chi connectivity index (χ3n) is 2.25. The molecule has 0 aliphatic heterocycles. The van der Waals surface area contributed by atoms with E-state index in [1.807, 2.05) is 38.1 Å². The highest BCUT2D eigenvalue weighted by Crippen LogP contribution is 2.19. The van der Waals surface area contributed by atoms with E-state index in [1.165, 1.54) is 0 Å². The van der Waals surface area contributed by atoms with E-state index in [2.05, 4.69) is 5.32 Å². The quantitative estimate of drug-likeness (QED) is 0.726. The SMILES string of the molecule is CCOCC(C)OCCNc1ccccc1Cl. The summed E-state index contributed by atoms with van der Waals surface area (Å²) in [7, 11) is 0. The summed E-state index contributed by atoms with van der Waals surface area (Å²) in [5.74, 6) is 0. The number of nitrogens with one attached hydrogen (secondary N) is 1. The third-order valence-corrected chi connectivity index (χ3v) is 2.58. The van der Waals surface area contributed by atoms with Crippen LogP contribution in [-0.4, -0.2) is 32.5 Å². The molecule has 1 unspecified atom stereocenters. The summed E-state index contributed by atoms with van der Waals surface area (Å²) < 4.78 is 10.8. The van der Waals surface area contributed by atoms with Crippen LogP contribution >= 0.6 is 11.6 Å². The van der Waals surface area contributed by atoms with Crippen molar-refractivity contribution in [2.45, 2.75) is 20.0 Å². The molecule has 0 bridgehead atoms. The van der Waals surface area contributed by atoms with E-state index >= 15 is 0 Å². The van der Waals surface area contributed by atoms with Gasteiger partial charge in [-0.3, -0.25) is 0 Å². The first-order valence-corrected chi connectivity index (χ1v) is 6.29. The molecule has 1 aromatic carbocycles. The van der Waals surface area contributed by atoms with Crippen LogP contribution in [0.1, 0.15) is 13.8 Å². The highest BCUT2D eigenvalue weighted by Gasteiger charge is 2.01. The number of rotatable bonds is 8. The number of ether oxygens (including phenoxy) is 2. The lowest BCUT2D eigenvalue weighted by Gasteiger charge is -2.14. The summed E-state index contributed by atoms with van der Waals surface area (Å²) in [6, 6.07) is 7.68. The number of halogens is 1. The number of para-hydroxylation sites is 1. The van der Waals surface area contributed by atoms with Crippen molar-refractivity contribution < 1.29 is 9.47 Å². The van der Waals surface area contributed by atoms with Gasteiger partial charge in [-0.25, -0.2) is 0 Å². The minimum atomic E-state index is 0.128. The van der Waals surface area contributed by atoms with Crippen LogP contribution in [0.5, 0.6) is 0 Å².